The molecule has 1 amide bonds. The standard InChI is InChI=1S/C74H139NO10/c1-3-5-7-9-11-13-15-17-19-21-23-25-27-28-29-30-31-32-33-34-35-36-37-38-39-40-42-44-46-48-50-52-54-56-58-60-62-67(78)73(83)75-65(64-84-74-72(82)71(81)70(80)68(63-76)85-74)69(79)66(77)61-59-57-55-53-51-49-47-45-43-41-26-24-22-20-18-16-14-12-10-8-6-4-2/h29-30,32-33,45,47,53,55,65-72,74,76-82H,3-28,31,34-44,46,48-52,54,56-64H2,1-2H3,(H,75,83)/b30-29-,33-32-,47-45+,55-53+. The number of carbonyl (C=O) groups is 1. The third kappa shape index (κ3) is 49.5. The number of unbranched alkanes of at least 4 members (excludes halogenated alkanes) is 44. The molecular weight excluding hydrogens is 1060 g/mol. The Hall–Kier alpha value is -1.93. The zero-order valence-electron chi connectivity index (χ0n) is 55.4. The van der Waals surface area contributed by atoms with Gasteiger partial charge in [-0.05, 0) is 83.5 Å². The second-order valence-electron chi connectivity index (χ2n) is 25.6. The predicted octanol–water partition coefficient (Wildman–Crippen LogP) is 17.9. The largest absolute Gasteiger partial charge is 0.394 e. The van der Waals surface area contributed by atoms with Gasteiger partial charge in [0.1, 0.15) is 36.6 Å². The number of rotatable bonds is 64. The van der Waals surface area contributed by atoms with E-state index in [4.69, 9.17) is 9.47 Å². The molecule has 1 fully saturated rings. The van der Waals surface area contributed by atoms with E-state index in [-0.39, 0.29) is 12.8 Å². The summed E-state index contributed by atoms with van der Waals surface area (Å²) in [7, 11) is 0. The molecular formula is C74H139NO10. The zero-order valence-corrected chi connectivity index (χ0v) is 55.4. The lowest BCUT2D eigenvalue weighted by Crippen LogP contribution is -2.60. The molecule has 85 heavy (non-hydrogen) atoms. The molecule has 9 atom stereocenters. The zero-order chi connectivity index (χ0) is 61.7. The van der Waals surface area contributed by atoms with E-state index < -0.39 is 74.2 Å². The molecule has 1 heterocycles. The van der Waals surface area contributed by atoms with E-state index in [2.05, 4.69) is 67.8 Å². The van der Waals surface area contributed by atoms with Crippen LogP contribution >= 0.6 is 0 Å². The van der Waals surface area contributed by atoms with Gasteiger partial charge in [-0.3, -0.25) is 4.79 Å². The van der Waals surface area contributed by atoms with Crippen LogP contribution in [0, 0.1) is 0 Å². The number of aliphatic hydroxyl groups excluding tert-OH is 7. The Labute approximate surface area is 523 Å². The van der Waals surface area contributed by atoms with Crippen molar-refractivity contribution in [2.45, 2.75) is 403 Å². The number of nitrogens with one attached hydrogen (secondary N) is 1. The van der Waals surface area contributed by atoms with Gasteiger partial charge in [0.15, 0.2) is 6.29 Å². The number of aliphatic hydroxyl groups is 7. The molecule has 1 aliphatic heterocycles. The topological polar surface area (TPSA) is 189 Å². The van der Waals surface area contributed by atoms with Crippen LogP contribution in [0.4, 0.5) is 0 Å². The number of carbonyl (C=O) groups excluding carboxylic acids is 1. The molecule has 0 aromatic heterocycles. The average Bonchev–Trinajstić information content (AvgIpc) is 3.71. The summed E-state index contributed by atoms with van der Waals surface area (Å²) < 4.78 is 11.2. The van der Waals surface area contributed by atoms with Gasteiger partial charge in [-0.2, -0.15) is 0 Å². The summed E-state index contributed by atoms with van der Waals surface area (Å²) in [4.78, 5) is 13.3. The van der Waals surface area contributed by atoms with Gasteiger partial charge in [0.25, 0.3) is 0 Å². The minimum absolute atomic E-state index is 0.247. The highest BCUT2D eigenvalue weighted by atomic mass is 16.7. The second kappa shape index (κ2) is 62.3. The summed E-state index contributed by atoms with van der Waals surface area (Å²) in [6, 6.07) is -1.19. The first-order chi connectivity index (χ1) is 41.7. The van der Waals surface area contributed by atoms with Crippen molar-refractivity contribution in [1.82, 2.24) is 5.32 Å². The Bertz CT molecular complexity index is 1520. The molecule has 0 aromatic rings. The van der Waals surface area contributed by atoms with E-state index in [0.717, 1.165) is 44.9 Å². The summed E-state index contributed by atoms with van der Waals surface area (Å²) in [5.74, 6) is -0.706. The van der Waals surface area contributed by atoms with Crippen molar-refractivity contribution in [3.63, 3.8) is 0 Å². The number of amides is 1. The van der Waals surface area contributed by atoms with Crippen molar-refractivity contribution in [1.29, 1.82) is 0 Å². The van der Waals surface area contributed by atoms with E-state index in [9.17, 15) is 40.5 Å². The van der Waals surface area contributed by atoms with Crippen molar-refractivity contribution in [2.75, 3.05) is 13.2 Å². The highest BCUT2D eigenvalue weighted by Crippen LogP contribution is 2.24. The lowest BCUT2D eigenvalue weighted by molar-refractivity contribution is -0.303. The van der Waals surface area contributed by atoms with Crippen LogP contribution in [-0.2, 0) is 14.3 Å². The van der Waals surface area contributed by atoms with Crippen LogP contribution in [0.5, 0.6) is 0 Å². The Morgan fingerprint density at radius 1 is 0.412 bits per heavy atom. The van der Waals surface area contributed by atoms with E-state index in [1.54, 1.807) is 0 Å². The maximum absolute atomic E-state index is 13.3. The normalized spacial score (nSPS) is 19.1. The molecule has 0 saturated carbocycles. The number of hydrogen-bond donors (Lipinski definition) is 8. The minimum atomic E-state index is -1.67. The van der Waals surface area contributed by atoms with Crippen molar-refractivity contribution >= 4 is 5.91 Å². The van der Waals surface area contributed by atoms with Gasteiger partial charge >= 0.3 is 0 Å². The molecule has 0 bridgehead atoms. The highest BCUT2D eigenvalue weighted by Gasteiger charge is 2.44. The van der Waals surface area contributed by atoms with Gasteiger partial charge < -0.3 is 50.5 Å². The number of ether oxygens (including phenoxy) is 2. The Kier molecular flexibility index (Phi) is 59.4. The average molecular weight is 1200 g/mol. The van der Waals surface area contributed by atoms with Crippen LogP contribution in [0.25, 0.3) is 0 Å². The molecule has 1 saturated heterocycles. The molecule has 0 radical (unpaired) electrons. The monoisotopic (exact) mass is 1200 g/mol. The van der Waals surface area contributed by atoms with E-state index in [1.165, 1.54) is 257 Å². The maximum atomic E-state index is 13.3. The quantitative estimate of drug-likeness (QED) is 0.0215. The van der Waals surface area contributed by atoms with E-state index in [0.29, 0.717) is 19.3 Å². The Balaban J connectivity index is 2.18. The lowest BCUT2D eigenvalue weighted by atomic mass is 9.98. The summed E-state index contributed by atoms with van der Waals surface area (Å²) in [5.41, 5.74) is 0. The number of hydrogen-bond acceptors (Lipinski definition) is 10. The van der Waals surface area contributed by atoms with Crippen molar-refractivity contribution < 1.29 is 50.0 Å². The molecule has 0 spiro atoms. The van der Waals surface area contributed by atoms with E-state index in [1.807, 2.05) is 0 Å². The summed E-state index contributed by atoms with van der Waals surface area (Å²) in [6.45, 7) is 3.49. The van der Waals surface area contributed by atoms with Crippen LogP contribution in [0.15, 0.2) is 48.6 Å². The van der Waals surface area contributed by atoms with Crippen LogP contribution in [0.3, 0.4) is 0 Å². The summed E-state index contributed by atoms with van der Waals surface area (Å²) in [5, 5.41) is 76.5. The highest BCUT2D eigenvalue weighted by molar-refractivity contribution is 5.80. The van der Waals surface area contributed by atoms with Crippen LogP contribution in [-0.4, -0.2) is 110 Å². The molecule has 11 nitrogen and oxygen atoms in total. The third-order valence-electron chi connectivity index (χ3n) is 17.6. The van der Waals surface area contributed by atoms with Crippen molar-refractivity contribution in [3.8, 4) is 0 Å². The second-order valence-corrected chi connectivity index (χ2v) is 25.6. The fraction of sp³-hybridized carbons (Fsp3) is 0.878. The van der Waals surface area contributed by atoms with E-state index >= 15 is 0 Å². The van der Waals surface area contributed by atoms with Crippen LogP contribution < -0.4 is 5.32 Å². The molecule has 11 heteroatoms. The van der Waals surface area contributed by atoms with Crippen LogP contribution in [0.2, 0.25) is 0 Å². The third-order valence-corrected chi connectivity index (χ3v) is 17.6. The summed E-state index contributed by atoms with van der Waals surface area (Å²) >= 11 is 0. The smallest absolute Gasteiger partial charge is 0.249 e. The van der Waals surface area contributed by atoms with Crippen LogP contribution in [0.1, 0.15) is 348 Å². The van der Waals surface area contributed by atoms with Gasteiger partial charge in [-0.1, -0.05) is 313 Å². The first-order valence-electron chi connectivity index (χ1n) is 36.5. The molecule has 9 unspecified atom stereocenters. The molecule has 0 aromatic carbocycles. The SMILES string of the molecule is CCCCCCCCCCCCCCC/C=C\C/C=C\CCCCCCCCCCCCCCCCCCC(O)C(=O)NC(COC1OC(CO)C(O)C(O)C1O)C(O)C(O)CCC/C=C/CC/C=C/CCCCCCCCCCCCCCC. The fourth-order valence-corrected chi connectivity index (χ4v) is 11.7. The fourth-order valence-electron chi connectivity index (χ4n) is 11.7. The van der Waals surface area contributed by atoms with Gasteiger partial charge in [0.05, 0.1) is 25.4 Å². The molecule has 0 aliphatic carbocycles. The van der Waals surface area contributed by atoms with Gasteiger partial charge in [0, 0.05) is 0 Å². The molecule has 8 N–H and O–H groups in total. The first kappa shape index (κ1) is 81.1. The summed E-state index contributed by atoms with van der Waals surface area (Å²) in [6.07, 6.45) is 70.7. The van der Waals surface area contributed by atoms with Gasteiger partial charge in [0.2, 0.25) is 5.91 Å². The Morgan fingerprint density at radius 2 is 0.741 bits per heavy atom. The maximum Gasteiger partial charge on any atom is 0.249 e. The van der Waals surface area contributed by atoms with Crippen molar-refractivity contribution in [3.05, 3.63) is 48.6 Å². The lowest BCUT2D eigenvalue weighted by Gasteiger charge is -2.40. The molecule has 500 valence electrons. The van der Waals surface area contributed by atoms with Crippen molar-refractivity contribution in [2.24, 2.45) is 0 Å². The van der Waals surface area contributed by atoms with Gasteiger partial charge in [-0.15, -0.1) is 0 Å². The predicted molar refractivity (Wildman–Crippen MR) is 358 cm³/mol. The molecule has 1 aliphatic rings. The minimum Gasteiger partial charge on any atom is -0.394 e. The molecule has 1 rings (SSSR count). The Morgan fingerprint density at radius 3 is 1.12 bits per heavy atom. The first-order valence-corrected chi connectivity index (χ1v) is 36.5. The van der Waals surface area contributed by atoms with Gasteiger partial charge in [-0.25, -0.2) is 0 Å². The number of allylic oxidation sites excluding steroid dienone is 8.